The first-order chi connectivity index (χ1) is 14.3. The van der Waals surface area contributed by atoms with Gasteiger partial charge in [0, 0.05) is 50.5 Å². The van der Waals surface area contributed by atoms with Crippen LogP contribution in [-0.2, 0) is 16.8 Å². The molecule has 0 spiro atoms. The van der Waals surface area contributed by atoms with Crippen molar-refractivity contribution in [2.45, 2.75) is 56.5 Å². The third-order valence-electron chi connectivity index (χ3n) is 7.47. The highest BCUT2D eigenvalue weighted by atomic mass is 16.2. The molecule has 0 N–H and O–H groups in total. The van der Waals surface area contributed by atoms with E-state index in [-0.39, 0.29) is 5.41 Å². The SMILES string of the molecule is O=C(N1C[C@@H]2CN(Cc3ccncc3)CC[C@@H]21)C1(c2ccccc2)CCCCC1. The van der Waals surface area contributed by atoms with Crippen molar-refractivity contribution >= 4 is 5.91 Å². The zero-order valence-corrected chi connectivity index (χ0v) is 17.2. The molecule has 2 aliphatic heterocycles. The lowest BCUT2D eigenvalue weighted by Crippen LogP contribution is -2.67. The van der Waals surface area contributed by atoms with E-state index in [1.54, 1.807) is 0 Å². The van der Waals surface area contributed by atoms with Crippen molar-refractivity contribution in [1.82, 2.24) is 14.8 Å². The summed E-state index contributed by atoms with van der Waals surface area (Å²) < 4.78 is 0. The predicted octanol–water partition coefficient (Wildman–Crippen LogP) is 4.02. The quantitative estimate of drug-likeness (QED) is 0.793. The van der Waals surface area contributed by atoms with E-state index in [0.717, 1.165) is 45.4 Å². The Morgan fingerprint density at radius 1 is 1.00 bits per heavy atom. The molecule has 3 aliphatic rings. The van der Waals surface area contributed by atoms with Crippen LogP contribution in [-0.4, -0.2) is 46.4 Å². The number of hydrogen-bond acceptors (Lipinski definition) is 3. The van der Waals surface area contributed by atoms with Gasteiger partial charge in [0.25, 0.3) is 0 Å². The first-order valence-electron chi connectivity index (χ1n) is 11.2. The van der Waals surface area contributed by atoms with Crippen molar-refractivity contribution in [2.75, 3.05) is 19.6 Å². The van der Waals surface area contributed by atoms with E-state index in [9.17, 15) is 4.79 Å². The third kappa shape index (κ3) is 3.48. The maximum Gasteiger partial charge on any atom is 0.233 e. The van der Waals surface area contributed by atoms with E-state index in [2.05, 4.69) is 57.2 Å². The zero-order valence-electron chi connectivity index (χ0n) is 17.2. The molecular weight excluding hydrogens is 358 g/mol. The first-order valence-corrected chi connectivity index (χ1v) is 11.2. The fourth-order valence-corrected chi connectivity index (χ4v) is 5.87. The number of benzene rings is 1. The third-order valence-corrected chi connectivity index (χ3v) is 7.47. The number of rotatable bonds is 4. The molecule has 2 saturated heterocycles. The van der Waals surface area contributed by atoms with Crippen LogP contribution in [0.2, 0.25) is 0 Å². The molecular formula is C25H31N3O. The summed E-state index contributed by atoms with van der Waals surface area (Å²) in [5, 5.41) is 0. The Hall–Kier alpha value is -2.20. The number of likely N-dealkylation sites (tertiary alicyclic amines) is 2. The molecule has 0 radical (unpaired) electrons. The lowest BCUT2D eigenvalue weighted by Gasteiger charge is -2.56. The number of carbonyl (C=O) groups excluding carboxylic acids is 1. The van der Waals surface area contributed by atoms with E-state index in [1.807, 2.05) is 12.4 Å². The van der Waals surface area contributed by atoms with Crippen molar-refractivity contribution in [1.29, 1.82) is 0 Å². The molecule has 152 valence electrons. The highest BCUT2D eigenvalue weighted by molar-refractivity contribution is 5.89. The van der Waals surface area contributed by atoms with Gasteiger partial charge in [-0.3, -0.25) is 14.7 Å². The average molecular weight is 390 g/mol. The molecule has 1 aromatic carbocycles. The molecule has 1 amide bonds. The summed E-state index contributed by atoms with van der Waals surface area (Å²) in [6.45, 7) is 4.11. The lowest BCUT2D eigenvalue weighted by atomic mass is 9.67. The van der Waals surface area contributed by atoms with Gasteiger partial charge in [0.05, 0.1) is 5.41 Å². The molecule has 2 atom stereocenters. The van der Waals surface area contributed by atoms with Gasteiger partial charge < -0.3 is 4.90 Å². The van der Waals surface area contributed by atoms with Crippen LogP contribution in [0, 0.1) is 5.92 Å². The smallest absolute Gasteiger partial charge is 0.233 e. The van der Waals surface area contributed by atoms with Gasteiger partial charge in [-0.25, -0.2) is 0 Å². The van der Waals surface area contributed by atoms with Crippen LogP contribution in [0.1, 0.15) is 49.7 Å². The molecule has 1 saturated carbocycles. The minimum atomic E-state index is -0.279. The van der Waals surface area contributed by atoms with Crippen molar-refractivity contribution in [2.24, 2.45) is 5.92 Å². The molecule has 4 nitrogen and oxygen atoms in total. The van der Waals surface area contributed by atoms with Gasteiger partial charge in [0.15, 0.2) is 0 Å². The number of fused-ring (bicyclic) bond motifs is 1. The van der Waals surface area contributed by atoms with Gasteiger partial charge in [0.2, 0.25) is 5.91 Å². The Morgan fingerprint density at radius 2 is 1.76 bits per heavy atom. The number of amides is 1. The second kappa shape index (κ2) is 7.91. The van der Waals surface area contributed by atoms with Crippen LogP contribution in [0.5, 0.6) is 0 Å². The summed E-state index contributed by atoms with van der Waals surface area (Å²) in [6.07, 6.45) is 10.5. The van der Waals surface area contributed by atoms with Gasteiger partial charge in [-0.2, -0.15) is 0 Å². The number of carbonyl (C=O) groups is 1. The fourth-order valence-electron chi connectivity index (χ4n) is 5.87. The van der Waals surface area contributed by atoms with Gasteiger partial charge in [-0.15, -0.1) is 0 Å². The summed E-state index contributed by atoms with van der Waals surface area (Å²) in [6, 6.07) is 15.3. The summed E-state index contributed by atoms with van der Waals surface area (Å²) in [5.74, 6) is 1.04. The molecule has 4 heteroatoms. The highest BCUT2D eigenvalue weighted by Gasteiger charge is 2.51. The van der Waals surface area contributed by atoms with Gasteiger partial charge >= 0.3 is 0 Å². The van der Waals surface area contributed by atoms with Gasteiger partial charge in [-0.05, 0) is 42.5 Å². The lowest BCUT2D eigenvalue weighted by molar-refractivity contribution is -0.156. The van der Waals surface area contributed by atoms with Gasteiger partial charge in [-0.1, -0.05) is 49.6 Å². The first kappa shape index (κ1) is 18.8. The van der Waals surface area contributed by atoms with Crippen LogP contribution in [0.15, 0.2) is 54.9 Å². The number of piperidine rings is 1. The fraction of sp³-hybridized carbons (Fsp3) is 0.520. The summed E-state index contributed by atoms with van der Waals surface area (Å²) >= 11 is 0. The van der Waals surface area contributed by atoms with E-state index >= 15 is 0 Å². The maximum atomic E-state index is 13.8. The van der Waals surface area contributed by atoms with E-state index in [1.165, 1.54) is 30.4 Å². The summed E-state index contributed by atoms with van der Waals surface area (Å²) in [5.41, 5.74) is 2.29. The number of hydrogen-bond donors (Lipinski definition) is 0. The Bertz CT molecular complexity index is 832. The van der Waals surface area contributed by atoms with Crippen LogP contribution >= 0.6 is 0 Å². The van der Waals surface area contributed by atoms with Crippen molar-refractivity contribution < 1.29 is 4.79 Å². The number of nitrogens with zero attached hydrogens (tertiary/aromatic N) is 3. The van der Waals surface area contributed by atoms with Crippen LogP contribution in [0.3, 0.4) is 0 Å². The molecule has 3 fully saturated rings. The number of aromatic nitrogens is 1. The Kier molecular flexibility index (Phi) is 5.13. The number of pyridine rings is 1. The minimum absolute atomic E-state index is 0.279. The molecule has 29 heavy (non-hydrogen) atoms. The molecule has 0 unspecified atom stereocenters. The van der Waals surface area contributed by atoms with Crippen LogP contribution < -0.4 is 0 Å². The monoisotopic (exact) mass is 389 g/mol. The van der Waals surface area contributed by atoms with E-state index in [4.69, 9.17) is 0 Å². The Morgan fingerprint density at radius 3 is 2.48 bits per heavy atom. The predicted molar refractivity (Wildman–Crippen MR) is 114 cm³/mol. The highest BCUT2D eigenvalue weighted by Crippen LogP contribution is 2.44. The standard InChI is InChI=1S/C25H31N3O/c29-24(25(12-5-2-6-13-25)22-7-3-1-4-8-22)28-19-21-18-27(16-11-23(21)28)17-20-9-14-26-15-10-20/h1,3-4,7-10,14-15,21,23H,2,5-6,11-13,16-19H2/t21-,23-/m0/s1. The van der Waals surface area contributed by atoms with Crippen molar-refractivity contribution in [3.05, 3.63) is 66.0 Å². The molecule has 1 aromatic heterocycles. The molecule has 2 aromatic rings. The Labute approximate surface area is 173 Å². The summed E-state index contributed by atoms with van der Waals surface area (Å²) in [7, 11) is 0. The largest absolute Gasteiger partial charge is 0.338 e. The summed E-state index contributed by atoms with van der Waals surface area (Å²) in [4.78, 5) is 22.7. The average Bonchev–Trinajstić information content (AvgIpc) is 2.77. The maximum absolute atomic E-state index is 13.8. The van der Waals surface area contributed by atoms with E-state index in [0.29, 0.717) is 17.9 Å². The molecule has 1 aliphatic carbocycles. The van der Waals surface area contributed by atoms with Crippen LogP contribution in [0.4, 0.5) is 0 Å². The van der Waals surface area contributed by atoms with E-state index < -0.39 is 0 Å². The van der Waals surface area contributed by atoms with Gasteiger partial charge in [0.1, 0.15) is 0 Å². The topological polar surface area (TPSA) is 36.4 Å². The van der Waals surface area contributed by atoms with Crippen molar-refractivity contribution in [3.8, 4) is 0 Å². The van der Waals surface area contributed by atoms with Crippen molar-refractivity contribution in [3.63, 3.8) is 0 Å². The van der Waals surface area contributed by atoms with Crippen LogP contribution in [0.25, 0.3) is 0 Å². The zero-order chi connectivity index (χ0) is 19.7. The second-order valence-corrected chi connectivity index (χ2v) is 9.17. The normalized spacial score (nSPS) is 26.4. The second-order valence-electron chi connectivity index (χ2n) is 9.17. The Balaban J connectivity index is 1.27. The minimum Gasteiger partial charge on any atom is -0.338 e. The molecule has 3 heterocycles. The molecule has 5 rings (SSSR count). The molecule has 0 bridgehead atoms.